The molecule has 0 unspecified atom stereocenters. The largest absolute Gasteiger partial charge is 0.238 e. The summed E-state index contributed by atoms with van der Waals surface area (Å²) in [5, 5.41) is 0. The lowest BCUT2D eigenvalue weighted by Gasteiger charge is -2.00. The second-order valence-electron chi connectivity index (χ2n) is 2.11. The van der Waals surface area contributed by atoms with Crippen molar-refractivity contribution >= 4 is 0 Å². The molecule has 0 fully saturated rings. The quantitative estimate of drug-likeness (QED) is 0.538. The molecule has 0 amide bonds. The summed E-state index contributed by atoms with van der Waals surface area (Å²) < 4.78 is 22.7. The van der Waals surface area contributed by atoms with E-state index in [0.29, 0.717) is 0 Å². The van der Waals surface area contributed by atoms with Crippen LogP contribution in [-0.2, 0) is 0 Å². The van der Waals surface area contributed by atoms with E-state index >= 15 is 0 Å². The Labute approximate surface area is 48.9 Å². The number of halogens is 2. The highest BCUT2D eigenvalue weighted by atomic mass is 19.3. The molecule has 0 saturated carbocycles. The van der Waals surface area contributed by atoms with Gasteiger partial charge in [-0.2, -0.15) is 0 Å². The normalized spacial score (nSPS) is 11.2. The maximum Gasteiger partial charge on any atom is 0.238 e. The summed E-state index contributed by atoms with van der Waals surface area (Å²) in [5.41, 5.74) is 0. The molecular weight excluding hydrogens is 110 g/mol. The maximum atomic E-state index is 11.4. The average Bonchev–Trinajstić information content (AvgIpc) is 1.61. The van der Waals surface area contributed by atoms with Gasteiger partial charge in [0.1, 0.15) is 0 Å². The van der Waals surface area contributed by atoms with Crippen molar-refractivity contribution in [2.24, 2.45) is 5.92 Å². The Kier molecular flexibility index (Phi) is 3.75. The molecular formula is C6H11F2. The fourth-order valence-corrected chi connectivity index (χ4v) is 0.375. The van der Waals surface area contributed by atoms with E-state index in [1.165, 1.54) is 0 Å². The third-order valence-corrected chi connectivity index (χ3v) is 0.786. The molecule has 1 radical (unpaired) electrons. The molecule has 0 atom stereocenters. The van der Waals surface area contributed by atoms with E-state index in [1.807, 2.05) is 13.8 Å². The van der Waals surface area contributed by atoms with E-state index in [2.05, 4.69) is 0 Å². The first kappa shape index (κ1) is 7.86. The third-order valence-electron chi connectivity index (χ3n) is 0.786. The fraction of sp³-hybridized carbons (Fsp3) is 0.833. The zero-order valence-electron chi connectivity index (χ0n) is 5.20. The molecule has 2 heteroatoms. The molecule has 49 valence electrons. The van der Waals surface area contributed by atoms with Gasteiger partial charge >= 0.3 is 0 Å². The molecule has 0 saturated heterocycles. The van der Waals surface area contributed by atoms with Gasteiger partial charge in [-0.15, -0.1) is 0 Å². The van der Waals surface area contributed by atoms with Gasteiger partial charge in [-0.3, -0.25) is 0 Å². The van der Waals surface area contributed by atoms with Gasteiger partial charge < -0.3 is 0 Å². The minimum atomic E-state index is -2.17. The first-order valence-corrected chi connectivity index (χ1v) is 2.74. The molecule has 0 aliphatic rings. The van der Waals surface area contributed by atoms with Crippen LogP contribution in [0, 0.1) is 12.3 Å². The molecule has 0 aromatic rings. The summed E-state index contributed by atoms with van der Waals surface area (Å²) in [7, 11) is 0. The minimum Gasteiger partial charge on any atom is -0.211 e. The molecule has 8 heavy (non-hydrogen) atoms. The summed E-state index contributed by atoms with van der Waals surface area (Å²) in [6, 6.07) is 0. The van der Waals surface area contributed by atoms with E-state index in [4.69, 9.17) is 0 Å². The van der Waals surface area contributed by atoms with Gasteiger partial charge in [0.25, 0.3) is 0 Å². The van der Waals surface area contributed by atoms with Crippen LogP contribution in [0.25, 0.3) is 0 Å². The number of hydrogen-bond acceptors (Lipinski definition) is 0. The molecule has 0 spiro atoms. The lowest BCUT2D eigenvalue weighted by molar-refractivity contribution is 0.144. The minimum absolute atomic E-state index is 0.0718. The standard InChI is InChI=1S/C6H11F2/c1-5(2)3-4-6(7)8/h3,5-6H,4H2,1-2H3. The van der Waals surface area contributed by atoms with Crippen molar-refractivity contribution in [3.63, 3.8) is 0 Å². The van der Waals surface area contributed by atoms with E-state index in [-0.39, 0.29) is 12.3 Å². The van der Waals surface area contributed by atoms with Crippen LogP contribution in [0.1, 0.15) is 20.3 Å². The monoisotopic (exact) mass is 121 g/mol. The van der Waals surface area contributed by atoms with Crippen LogP contribution in [0.4, 0.5) is 8.78 Å². The van der Waals surface area contributed by atoms with Crippen LogP contribution >= 0.6 is 0 Å². The second-order valence-corrected chi connectivity index (χ2v) is 2.11. The van der Waals surface area contributed by atoms with Crippen molar-refractivity contribution in [2.45, 2.75) is 26.7 Å². The van der Waals surface area contributed by atoms with Gasteiger partial charge in [-0.1, -0.05) is 13.8 Å². The summed E-state index contributed by atoms with van der Waals surface area (Å²) >= 11 is 0. The Bertz CT molecular complexity index is 42.5. The Morgan fingerprint density at radius 1 is 1.38 bits per heavy atom. The Balaban J connectivity index is 2.93. The first-order chi connectivity index (χ1) is 3.63. The Hall–Kier alpha value is -0.140. The summed E-state index contributed by atoms with van der Waals surface area (Å²) in [6.45, 7) is 3.78. The van der Waals surface area contributed by atoms with Crippen molar-refractivity contribution in [1.29, 1.82) is 0 Å². The summed E-state index contributed by atoms with van der Waals surface area (Å²) in [6.07, 6.45) is -0.625. The molecule has 0 N–H and O–H groups in total. The van der Waals surface area contributed by atoms with Crippen molar-refractivity contribution in [2.75, 3.05) is 0 Å². The van der Waals surface area contributed by atoms with Crippen molar-refractivity contribution in [3.05, 3.63) is 6.42 Å². The van der Waals surface area contributed by atoms with Crippen LogP contribution in [0.2, 0.25) is 0 Å². The first-order valence-electron chi connectivity index (χ1n) is 2.74. The highest BCUT2D eigenvalue weighted by molar-refractivity contribution is 4.68. The SMILES string of the molecule is CC(C)[CH]CC(F)F. The van der Waals surface area contributed by atoms with Crippen molar-refractivity contribution in [1.82, 2.24) is 0 Å². The van der Waals surface area contributed by atoms with Gasteiger partial charge in [-0.25, -0.2) is 8.78 Å². The topological polar surface area (TPSA) is 0 Å². The van der Waals surface area contributed by atoms with Gasteiger partial charge in [0, 0.05) is 6.42 Å². The molecule has 0 aliphatic heterocycles. The van der Waals surface area contributed by atoms with Gasteiger partial charge in [0.2, 0.25) is 6.43 Å². The second kappa shape index (κ2) is 3.81. The molecule has 0 heterocycles. The molecule has 0 nitrogen and oxygen atoms in total. The van der Waals surface area contributed by atoms with E-state index < -0.39 is 6.43 Å². The van der Waals surface area contributed by atoms with E-state index in [9.17, 15) is 8.78 Å². The smallest absolute Gasteiger partial charge is 0.211 e. The maximum absolute atomic E-state index is 11.4. The van der Waals surface area contributed by atoms with E-state index in [1.54, 1.807) is 6.42 Å². The Morgan fingerprint density at radius 2 is 1.88 bits per heavy atom. The van der Waals surface area contributed by atoms with Crippen LogP contribution in [0.3, 0.4) is 0 Å². The summed E-state index contributed by atoms with van der Waals surface area (Å²) in [4.78, 5) is 0. The number of alkyl halides is 2. The average molecular weight is 121 g/mol. The van der Waals surface area contributed by atoms with Gasteiger partial charge in [-0.05, 0) is 12.3 Å². The summed E-state index contributed by atoms with van der Waals surface area (Å²) in [5.74, 6) is 0.281. The van der Waals surface area contributed by atoms with Crippen molar-refractivity contribution in [3.8, 4) is 0 Å². The highest BCUT2D eigenvalue weighted by Crippen LogP contribution is 2.07. The highest BCUT2D eigenvalue weighted by Gasteiger charge is 2.02. The molecule has 0 aromatic carbocycles. The Morgan fingerprint density at radius 3 is 2.00 bits per heavy atom. The lowest BCUT2D eigenvalue weighted by atomic mass is 10.1. The van der Waals surface area contributed by atoms with Gasteiger partial charge in [0.05, 0.1) is 0 Å². The molecule has 0 rings (SSSR count). The fourth-order valence-electron chi connectivity index (χ4n) is 0.375. The third kappa shape index (κ3) is 5.86. The van der Waals surface area contributed by atoms with Crippen molar-refractivity contribution < 1.29 is 8.78 Å². The zero-order chi connectivity index (χ0) is 6.57. The van der Waals surface area contributed by atoms with Gasteiger partial charge in [0.15, 0.2) is 0 Å². The number of hydrogen-bond donors (Lipinski definition) is 0. The van der Waals surface area contributed by atoms with Crippen LogP contribution in [0.5, 0.6) is 0 Å². The number of rotatable bonds is 3. The molecule has 0 bridgehead atoms. The predicted molar refractivity (Wildman–Crippen MR) is 29.8 cm³/mol. The molecule has 0 aromatic heterocycles. The van der Waals surface area contributed by atoms with Crippen LogP contribution in [0.15, 0.2) is 0 Å². The van der Waals surface area contributed by atoms with E-state index in [0.717, 1.165) is 0 Å². The van der Waals surface area contributed by atoms with Crippen LogP contribution in [-0.4, -0.2) is 6.43 Å². The lowest BCUT2D eigenvalue weighted by Crippen LogP contribution is -1.95. The zero-order valence-corrected chi connectivity index (χ0v) is 5.20. The van der Waals surface area contributed by atoms with Crippen LogP contribution < -0.4 is 0 Å². The predicted octanol–water partition coefficient (Wildman–Crippen LogP) is 2.50. The molecule has 0 aliphatic carbocycles.